The van der Waals surface area contributed by atoms with Crippen LogP contribution in [0.1, 0.15) is 12.8 Å². The Morgan fingerprint density at radius 2 is 2.03 bits per heavy atom. The summed E-state index contributed by atoms with van der Waals surface area (Å²) in [5.41, 5.74) is 0.621. The summed E-state index contributed by atoms with van der Waals surface area (Å²) in [7, 11) is -3.75. The molecule has 2 aromatic heterocycles. The van der Waals surface area contributed by atoms with Gasteiger partial charge in [-0.05, 0) is 37.1 Å². The summed E-state index contributed by atoms with van der Waals surface area (Å²) < 4.78 is 34.4. The number of aromatic nitrogens is 4. The zero-order valence-corrected chi connectivity index (χ0v) is 19.2. The molecule has 1 aliphatic rings. The molecule has 1 N–H and O–H groups in total. The van der Waals surface area contributed by atoms with Crippen molar-refractivity contribution in [1.29, 1.82) is 0 Å². The average molecular weight is 491 g/mol. The van der Waals surface area contributed by atoms with Crippen molar-refractivity contribution in [3.63, 3.8) is 0 Å². The van der Waals surface area contributed by atoms with Gasteiger partial charge >= 0.3 is 0 Å². The zero-order valence-electron chi connectivity index (χ0n) is 17.7. The smallest absolute Gasteiger partial charge is 0.246 e. The fourth-order valence-electron chi connectivity index (χ4n) is 3.57. The zero-order chi connectivity index (χ0) is 23.3. The highest BCUT2D eigenvalue weighted by Gasteiger charge is 2.33. The van der Waals surface area contributed by atoms with Gasteiger partial charge in [0, 0.05) is 37.0 Å². The van der Waals surface area contributed by atoms with E-state index in [1.807, 2.05) is 6.07 Å². The molecular formula is C21H23ClN6O4S. The number of piperidine rings is 1. The number of hydrogen-bond donors (Lipinski definition) is 1. The highest BCUT2D eigenvalue weighted by atomic mass is 35.5. The van der Waals surface area contributed by atoms with Gasteiger partial charge in [0.1, 0.15) is 35.1 Å². The van der Waals surface area contributed by atoms with Gasteiger partial charge in [-0.15, -0.1) is 0 Å². The van der Waals surface area contributed by atoms with E-state index in [2.05, 4.69) is 20.4 Å². The lowest BCUT2D eigenvalue weighted by Gasteiger charge is -2.30. The number of benzene rings is 1. The average Bonchev–Trinajstić information content (AvgIpc) is 3.33. The molecule has 3 aromatic rings. The van der Waals surface area contributed by atoms with E-state index in [0.717, 1.165) is 0 Å². The number of pyridine rings is 1. The third kappa shape index (κ3) is 5.67. The van der Waals surface area contributed by atoms with Crippen molar-refractivity contribution >= 4 is 33.2 Å². The van der Waals surface area contributed by atoms with Gasteiger partial charge in [0.05, 0.1) is 6.54 Å². The molecule has 0 aliphatic carbocycles. The van der Waals surface area contributed by atoms with Crippen LogP contribution in [0.3, 0.4) is 0 Å². The van der Waals surface area contributed by atoms with E-state index in [4.69, 9.17) is 16.3 Å². The van der Waals surface area contributed by atoms with Crippen molar-refractivity contribution in [1.82, 2.24) is 24.1 Å². The first-order chi connectivity index (χ1) is 15.9. The lowest BCUT2D eigenvalue weighted by atomic mass is 9.97. The highest BCUT2D eigenvalue weighted by Crippen LogP contribution is 2.28. The standard InChI is InChI=1S/C21H23ClN6O4S/c22-20-19(5-2-8-24-20)33(30,31)28-9-6-16(7-10-28)21(29)26-17-3-1-4-18(13-17)32-12-11-27-15-23-14-25-27/h1-5,8,13-16H,6-7,9-12H2,(H,26,29). The molecular weight excluding hydrogens is 468 g/mol. The lowest BCUT2D eigenvalue weighted by molar-refractivity contribution is -0.120. The number of rotatable bonds is 8. The Kier molecular flexibility index (Phi) is 7.21. The molecule has 12 heteroatoms. The SMILES string of the molecule is O=C(Nc1cccc(OCCn2cncn2)c1)C1CCN(S(=O)(=O)c2cccnc2Cl)CC1. The number of carbonyl (C=O) groups is 1. The van der Waals surface area contributed by atoms with Crippen molar-refractivity contribution in [2.24, 2.45) is 5.92 Å². The van der Waals surface area contributed by atoms with Crippen LogP contribution in [0.5, 0.6) is 5.75 Å². The van der Waals surface area contributed by atoms with E-state index in [1.165, 1.54) is 29.0 Å². The first kappa shape index (κ1) is 23.1. The molecule has 0 bridgehead atoms. The lowest BCUT2D eigenvalue weighted by Crippen LogP contribution is -2.41. The van der Waals surface area contributed by atoms with Gasteiger partial charge in [0.15, 0.2) is 0 Å². The number of hydrogen-bond acceptors (Lipinski definition) is 7. The van der Waals surface area contributed by atoms with Crippen molar-refractivity contribution in [3.8, 4) is 5.75 Å². The quantitative estimate of drug-likeness (QED) is 0.481. The second-order valence-electron chi connectivity index (χ2n) is 7.49. The van der Waals surface area contributed by atoms with E-state index in [9.17, 15) is 13.2 Å². The number of sulfonamides is 1. The monoisotopic (exact) mass is 490 g/mol. The molecule has 0 unspecified atom stereocenters. The fraction of sp³-hybridized carbons (Fsp3) is 0.333. The molecule has 1 aliphatic heterocycles. The fourth-order valence-corrected chi connectivity index (χ4v) is 5.47. The maximum atomic E-state index is 12.9. The van der Waals surface area contributed by atoms with E-state index >= 15 is 0 Å². The van der Waals surface area contributed by atoms with Gasteiger partial charge in [-0.1, -0.05) is 17.7 Å². The molecule has 1 fully saturated rings. The van der Waals surface area contributed by atoms with Crippen LogP contribution in [0.2, 0.25) is 5.15 Å². The normalized spacial score (nSPS) is 15.3. The number of halogens is 1. The van der Waals surface area contributed by atoms with Crippen LogP contribution in [0.25, 0.3) is 0 Å². The van der Waals surface area contributed by atoms with Gasteiger partial charge in [-0.2, -0.15) is 9.40 Å². The number of amides is 1. The van der Waals surface area contributed by atoms with Crippen LogP contribution in [0.4, 0.5) is 5.69 Å². The number of nitrogens with zero attached hydrogens (tertiary/aromatic N) is 5. The third-order valence-electron chi connectivity index (χ3n) is 5.32. The minimum absolute atomic E-state index is 0.0183. The minimum Gasteiger partial charge on any atom is -0.492 e. The maximum Gasteiger partial charge on any atom is 0.246 e. The summed E-state index contributed by atoms with van der Waals surface area (Å²) in [6.45, 7) is 1.44. The van der Waals surface area contributed by atoms with Crippen LogP contribution in [-0.4, -0.2) is 58.1 Å². The molecule has 0 spiro atoms. The Labute approximate surface area is 196 Å². The van der Waals surface area contributed by atoms with Gasteiger partial charge in [-0.3, -0.25) is 4.79 Å². The first-order valence-electron chi connectivity index (χ1n) is 10.4. The van der Waals surface area contributed by atoms with Gasteiger partial charge in [0.2, 0.25) is 15.9 Å². The summed E-state index contributed by atoms with van der Waals surface area (Å²) in [6.07, 6.45) is 5.34. The Morgan fingerprint density at radius 3 is 2.76 bits per heavy atom. The van der Waals surface area contributed by atoms with Crippen LogP contribution in [0, 0.1) is 5.92 Å². The topological polar surface area (TPSA) is 119 Å². The highest BCUT2D eigenvalue weighted by molar-refractivity contribution is 7.89. The van der Waals surface area contributed by atoms with Crippen molar-refractivity contribution in [3.05, 3.63) is 60.4 Å². The summed E-state index contributed by atoms with van der Waals surface area (Å²) in [6, 6.07) is 10.1. The molecule has 10 nitrogen and oxygen atoms in total. The minimum atomic E-state index is -3.75. The summed E-state index contributed by atoms with van der Waals surface area (Å²) in [5, 5.41) is 6.87. The summed E-state index contributed by atoms with van der Waals surface area (Å²) in [4.78, 5) is 20.5. The number of carbonyl (C=O) groups excluding carboxylic acids is 1. The van der Waals surface area contributed by atoms with E-state index in [1.54, 1.807) is 29.2 Å². The number of anilines is 1. The molecule has 4 rings (SSSR count). The molecule has 0 atom stereocenters. The first-order valence-corrected chi connectivity index (χ1v) is 12.2. The second kappa shape index (κ2) is 10.3. The van der Waals surface area contributed by atoms with Gasteiger partial charge in [-0.25, -0.2) is 23.1 Å². The molecule has 1 saturated heterocycles. The van der Waals surface area contributed by atoms with Crippen LogP contribution in [-0.2, 0) is 21.4 Å². The van der Waals surface area contributed by atoms with Crippen LogP contribution in [0.15, 0.2) is 60.1 Å². The molecule has 0 radical (unpaired) electrons. The second-order valence-corrected chi connectivity index (χ2v) is 9.76. The third-order valence-corrected chi connectivity index (χ3v) is 7.67. The molecule has 174 valence electrons. The Morgan fingerprint density at radius 1 is 1.21 bits per heavy atom. The predicted octanol–water partition coefficient (Wildman–Crippen LogP) is 2.44. The van der Waals surface area contributed by atoms with E-state index < -0.39 is 10.0 Å². The van der Waals surface area contributed by atoms with Gasteiger partial charge in [0.25, 0.3) is 0 Å². The summed E-state index contributed by atoms with van der Waals surface area (Å²) in [5.74, 6) is 0.186. The Balaban J connectivity index is 1.30. The summed E-state index contributed by atoms with van der Waals surface area (Å²) >= 11 is 5.97. The number of ether oxygens (including phenoxy) is 1. The van der Waals surface area contributed by atoms with Crippen molar-refractivity contribution < 1.29 is 17.9 Å². The molecule has 1 aromatic carbocycles. The van der Waals surface area contributed by atoms with E-state index in [0.29, 0.717) is 37.4 Å². The Hall–Kier alpha value is -3.02. The molecule has 3 heterocycles. The van der Waals surface area contributed by atoms with Crippen molar-refractivity contribution in [2.75, 3.05) is 25.0 Å². The molecule has 0 saturated carbocycles. The predicted molar refractivity (Wildman–Crippen MR) is 121 cm³/mol. The van der Waals surface area contributed by atoms with E-state index in [-0.39, 0.29) is 35.0 Å². The largest absolute Gasteiger partial charge is 0.492 e. The molecule has 33 heavy (non-hydrogen) atoms. The Bertz CT molecular complexity index is 1200. The number of nitrogens with one attached hydrogen (secondary N) is 1. The van der Waals surface area contributed by atoms with Crippen LogP contribution < -0.4 is 10.1 Å². The van der Waals surface area contributed by atoms with Crippen molar-refractivity contribution in [2.45, 2.75) is 24.3 Å². The van der Waals surface area contributed by atoms with Gasteiger partial charge < -0.3 is 10.1 Å². The maximum absolute atomic E-state index is 12.9. The molecule has 1 amide bonds. The van der Waals surface area contributed by atoms with Crippen LogP contribution >= 0.6 is 11.6 Å².